The molecule has 0 radical (unpaired) electrons. The number of ether oxygens (including phenoxy) is 1. The number of hydrogen-bond donors (Lipinski definition) is 0. The van der Waals surface area contributed by atoms with E-state index in [1.165, 1.54) is 23.3 Å². The van der Waals surface area contributed by atoms with Crippen LogP contribution in [0.3, 0.4) is 0 Å². The predicted octanol–water partition coefficient (Wildman–Crippen LogP) is 2.39. The van der Waals surface area contributed by atoms with E-state index in [0.717, 1.165) is 18.4 Å². The highest BCUT2D eigenvalue weighted by atomic mass is 16.7. The molecule has 0 fully saturated rings. The molecule has 112 valence electrons. The first-order chi connectivity index (χ1) is 9.65. The summed E-state index contributed by atoms with van der Waals surface area (Å²) in [6.07, 6.45) is 2.37. The Morgan fingerprint density at radius 2 is 1.85 bits per heavy atom. The molecule has 0 spiro atoms. The lowest BCUT2D eigenvalue weighted by Crippen LogP contribution is -2.34. The molecule has 20 heavy (non-hydrogen) atoms. The third kappa shape index (κ3) is 4.62. The van der Waals surface area contributed by atoms with Crippen molar-refractivity contribution in [3.63, 3.8) is 0 Å². The van der Waals surface area contributed by atoms with Gasteiger partial charge in [0, 0.05) is 7.11 Å². The molecule has 0 aromatic heterocycles. The summed E-state index contributed by atoms with van der Waals surface area (Å²) in [6.45, 7) is 5.20. The monoisotopic (exact) mass is 279 g/mol. The van der Waals surface area contributed by atoms with Crippen molar-refractivity contribution in [1.82, 2.24) is 5.06 Å². The Morgan fingerprint density at radius 1 is 1.15 bits per heavy atom. The van der Waals surface area contributed by atoms with Crippen molar-refractivity contribution in [2.45, 2.75) is 33.1 Å². The van der Waals surface area contributed by atoms with Crippen molar-refractivity contribution < 1.29 is 14.4 Å². The van der Waals surface area contributed by atoms with Crippen molar-refractivity contribution in [3.8, 4) is 0 Å². The normalized spacial score (nSPS) is 10.6. The van der Waals surface area contributed by atoms with E-state index in [0.29, 0.717) is 19.6 Å². The molecule has 1 aromatic rings. The summed E-state index contributed by atoms with van der Waals surface area (Å²) in [6, 6.07) is 6.27. The average Bonchev–Trinajstić information content (AvgIpc) is 2.47. The minimum absolute atomic E-state index is 0.0455. The quantitative estimate of drug-likeness (QED) is 0.686. The molecule has 0 bridgehead atoms. The third-order valence-electron chi connectivity index (χ3n) is 3.38. The van der Waals surface area contributed by atoms with E-state index < -0.39 is 0 Å². The number of carbonyl (C=O) groups excluding carboxylic acids is 1. The van der Waals surface area contributed by atoms with Gasteiger partial charge in [0.25, 0.3) is 5.91 Å². The second-order valence-electron chi connectivity index (χ2n) is 4.66. The first-order valence-corrected chi connectivity index (χ1v) is 7.10. The Labute approximate surface area is 121 Å². The Kier molecular flexibility index (Phi) is 7.26. The van der Waals surface area contributed by atoms with Gasteiger partial charge in [0.15, 0.2) is 0 Å². The largest absolute Gasteiger partial charge is 0.383 e. The van der Waals surface area contributed by atoms with Gasteiger partial charge in [-0.2, -0.15) is 0 Å². The van der Waals surface area contributed by atoms with Gasteiger partial charge >= 0.3 is 0 Å². The van der Waals surface area contributed by atoms with Crippen LogP contribution in [-0.4, -0.2) is 38.3 Å². The number of carbonyl (C=O) groups is 1. The number of aryl methyl sites for hydroxylation is 2. The van der Waals surface area contributed by atoms with Crippen molar-refractivity contribution >= 4 is 5.91 Å². The molecule has 0 saturated heterocycles. The summed E-state index contributed by atoms with van der Waals surface area (Å²) in [5.74, 6) is -0.0455. The number of hydroxylamine groups is 2. The Morgan fingerprint density at radius 3 is 2.40 bits per heavy atom. The molecular weight excluding hydrogens is 254 g/mol. The topological polar surface area (TPSA) is 38.8 Å². The smallest absolute Gasteiger partial charge is 0.250 e. The molecule has 4 heteroatoms. The summed E-state index contributed by atoms with van der Waals surface area (Å²) in [7, 11) is 3.11. The van der Waals surface area contributed by atoms with Gasteiger partial charge in [-0.25, -0.2) is 5.06 Å². The highest BCUT2D eigenvalue weighted by Crippen LogP contribution is 2.15. The van der Waals surface area contributed by atoms with Crippen LogP contribution >= 0.6 is 0 Å². The van der Waals surface area contributed by atoms with Gasteiger partial charge in [-0.3, -0.25) is 9.63 Å². The maximum atomic E-state index is 12.1. The van der Waals surface area contributed by atoms with Crippen LogP contribution in [0.1, 0.15) is 30.5 Å². The van der Waals surface area contributed by atoms with Crippen LogP contribution in [0, 0.1) is 0 Å². The number of hydrogen-bond acceptors (Lipinski definition) is 3. The minimum Gasteiger partial charge on any atom is -0.383 e. The van der Waals surface area contributed by atoms with Crippen LogP contribution < -0.4 is 0 Å². The fraction of sp³-hybridized carbons (Fsp3) is 0.562. The molecule has 1 aromatic carbocycles. The Hall–Kier alpha value is -1.39. The van der Waals surface area contributed by atoms with Crippen molar-refractivity contribution in [2.24, 2.45) is 0 Å². The zero-order chi connectivity index (χ0) is 15.0. The zero-order valence-electron chi connectivity index (χ0n) is 12.9. The molecule has 0 aliphatic heterocycles. The van der Waals surface area contributed by atoms with E-state index in [2.05, 4.69) is 26.0 Å². The first-order valence-electron chi connectivity index (χ1n) is 7.10. The number of rotatable bonds is 8. The molecule has 1 rings (SSSR count). The molecule has 0 atom stereocenters. The molecular formula is C16H25NO3. The predicted molar refractivity (Wildman–Crippen MR) is 79.5 cm³/mol. The lowest BCUT2D eigenvalue weighted by Gasteiger charge is -2.19. The second kappa shape index (κ2) is 8.72. The number of methoxy groups -OCH3 is 1. The average molecular weight is 279 g/mol. The van der Waals surface area contributed by atoms with Crippen molar-refractivity contribution in [2.75, 3.05) is 27.4 Å². The van der Waals surface area contributed by atoms with Crippen LogP contribution in [0.4, 0.5) is 0 Å². The molecule has 0 saturated carbocycles. The third-order valence-corrected chi connectivity index (χ3v) is 3.38. The molecule has 0 unspecified atom stereocenters. The van der Waals surface area contributed by atoms with Crippen LogP contribution in [0.15, 0.2) is 18.2 Å². The van der Waals surface area contributed by atoms with Gasteiger partial charge in [0.2, 0.25) is 0 Å². The molecule has 0 N–H and O–H groups in total. The Balaban J connectivity index is 2.74. The number of nitrogens with zero attached hydrogens (tertiary/aromatic N) is 1. The summed E-state index contributed by atoms with van der Waals surface area (Å²) in [5, 5.41) is 1.35. The van der Waals surface area contributed by atoms with Gasteiger partial charge in [-0.05, 0) is 29.5 Å². The van der Waals surface area contributed by atoms with E-state index in [-0.39, 0.29) is 5.91 Å². The van der Waals surface area contributed by atoms with Crippen LogP contribution in [0.5, 0.6) is 0 Å². The lowest BCUT2D eigenvalue weighted by atomic mass is 9.98. The minimum atomic E-state index is -0.0455. The van der Waals surface area contributed by atoms with Gasteiger partial charge in [0.05, 0.1) is 26.7 Å². The van der Waals surface area contributed by atoms with E-state index in [1.807, 2.05) is 6.07 Å². The lowest BCUT2D eigenvalue weighted by molar-refractivity contribution is -0.177. The van der Waals surface area contributed by atoms with E-state index in [1.54, 1.807) is 7.11 Å². The first kappa shape index (κ1) is 16.7. The fourth-order valence-corrected chi connectivity index (χ4v) is 2.22. The maximum absolute atomic E-state index is 12.1. The molecule has 1 amide bonds. The maximum Gasteiger partial charge on any atom is 0.250 e. The number of amides is 1. The molecule has 0 aliphatic rings. The second-order valence-corrected chi connectivity index (χ2v) is 4.66. The molecule has 4 nitrogen and oxygen atoms in total. The van der Waals surface area contributed by atoms with Gasteiger partial charge < -0.3 is 4.74 Å². The van der Waals surface area contributed by atoms with Crippen LogP contribution in [0.25, 0.3) is 0 Å². The summed E-state index contributed by atoms with van der Waals surface area (Å²) < 4.78 is 4.97. The van der Waals surface area contributed by atoms with E-state index in [9.17, 15) is 4.79 Å². The van der Waals surface area contributed by atoms with Crippen LogP contribution in [-0.2, 0) is 33.6 Å². The van der Waals surface area contributed by atoms with Gasteiger partial charge in [0.1, 0.15) is 0 Å². The van der Waals surface area contributed by atoms with Gasteiger partial charge in [-0.1, -0.05) is 32.0 Å². The summed E-state index contributed by atoms with van der Waals surface area (Å²) >= 11 is 0. The molecule has 0 aliphatic carbocycles. The van der Waals surface area contributed by atoms with Gasteiger partial charge in [-0.15, -0.1) is 0 Å². The zero-order valence-corrected chi connectivity index (χ0v) is 12.9. The fourth-order valence-electron chi connectivity index (χ4n) is 2.22. The van der Waals surface area contributed by atoms with Crippen molar-refractivity contribution in [3.05, 3.63) is 34.9 Å². The highest BCUT2D eigenvalue weighted by Gasteiger charge is 2.14. The summed E-state index contributed by atoms with van der Waals surface area (Å²) in [4.78, 5) is 17.2. The standard InChI is InChI=1S/C16H25NO3/c1-5-14-8-7-13(11-15(14)6-2)12-16(18)17(20-4)9-10-19-3/h7-8,11H,5-6,9-10,12H2,1-4H3. The molecule has 0 heterocycles. The van der Waals surface area contributed by atoms with Crippen LogP contribution in [0.2, 0.25) is 0 Å². The van der Waals surface area contributed by atoms with E-state index >= 15 is 0 Å². The Bertz CT molecular complexity index is 432. The highest BCUT2D eigenvalue weighted by molar-refractivity contribution is 5.77. The van der Waals surface area contributed by atoms with E-state index in [4.69, 9.17) is 9.57 Å². The van der Waals surface area contributed by atoms with Crippen molar-refractivity contribution in [1.29, 1.82) is 0 Å². The number of benzene rings is 1. The SMILES string of the molecule is CCc1ccc(CC(=O)N(CCOC)OC)cc1CC. The summed E-state index contributed by atoms with van der Waals surface area (Å²) in [5.41, 5.74) is 3.70.